The molecule has 6 rings (SSSR count). The predicted octanol–water partition coefficient (Wildman–Crippen LogP) is 7.98. The van der Waals surface area contributed by atoms with Crippen molar-refractivity contribution >= 4 is 17.7 Å². The molecular formula is C38H48O5. The Hall–Kier alpha value is -2.95. The number of rotatable bonds is 7. The van der Waals surface area contributed by atoms with Crippen LogP contribution in [0.3, 0.4) is 0 Å². The molecule has 2 aromatic carbocycles. The van der Waals surface area contributed by atoms with Gasteiger partial charge in [-0.1, -0.05) is 68.4 Å². The van der Waals surface area contributed by atoms with E-state index in [9.17, 15) is 14.4 Å². The summed E-state index contributed by atoms with van der Waals surface area (Å²) in [5.74, 6) is 2.93. The number of fused-ring (bicyclic) bond motifs is 5. The second-order valence-electron chi connectivity index (χ2n) is 14.7. The Balaban J connectivity index is 1.04. The molecule has 4 fully saturated rings. The molecule has 2 aromatic rings. The molecule has 0 bridgehead atoms. The van der Waals surface area contributed by atoms with E-state index in [1.807, 2.05) is 42.5 Å². The molecule has 0 unspecified atom stereocenters. The van der Waals surface area contributed by atoms with Crippen molar-refractivity contribution in [3.8, 4) is 0 Å². The number of esters is 2. The van der Waals surface area contributed by atoms with E-state index < -0.39 is 0 Å². The van der Waals surface area contributed by atoms with E-state index in [1.54, 1.807) is 12.1 Å². The zero-order chi connectivity index (χ0) is 30.4. The van der Waals surface area contributed by atoms with Crippen LogP contribution in [0.2, 0.25) is 0 Å². The molecule has 0 aromatic heterocycles. The molecule has 0 amide bonds. The van der Waals surface area contributed by atoms with E-state index in [0.29, 0.717) is 28.4 Å². The van der Waals surface area contributed by atoms with Crippen LogP contribution in [0.1, 0.15) is 107 Å². The number of ether oxygens (including phenoxy) is 2. The highest BCUT2D eigenvalue weighted by Crippen LogP contribution is 2.68. The first-order valence-electron chi connectivity index (χ1n) is 16.6. The molecule has 9 atom stereocenters. The highest BCUT2D eigenvalue weighted by molar-refractivity contribution is 6.08. The van der Waals surface area contributed by atoms with Crippen LogP contribution in [-0.4, -0.2) is 29.9 Å². The lowest BCUT2D eigenvalue weighted by Gasteiger charge is -2.61. The molecule has 4 saturated carbocycles. The molecule has 0 heterocycles. The van der Waals surface area contributed by atoms with Gasteiger partial charge in [0.05, 0.1) is 6.42 Å². The van der Waals surface area contributed by atoms with Crippen molar-refractivity contribution < 1.29 is 23.9 Å². The van der Waals surface area contributed by atoms with Gasteiger partial charge >= 0.3 is 11.9 Å². The second kappa shape index (κ2) is 11.9. The SMILES string of the molecule is CC(=O)O[C@H](C)[C@H]1CC[C@H]2[C@@H]3CC[C@H]4C[C@H](OC(=O)Cc5ccc(C(=O)c6ccccc6)cc5)CC[C@]4(C)[C@H]3CC[C@]12C. The Kier molecular flexibility index (Phi) is 8.30. The third-order valence-electron chi connectivity index (χ3n) is 12.5. The normalized spacial score (nSPS) is 35.5. The minimum absolute atomic E-state index is 0.00387. The summed E-state index contributed by atoms with van der Waals surface area (Å²) in [6.07, 6.45) is 10.7. The summed E-state index contributed by atoms with van der Waals surface area (Å²) in [6.45, 7) is 8.67. The van der Waals surface area contributed by atoms with Crippen molar-refractivity contribution in [1.82, 2.24) is 0 Å². The van der Waals surface area contributed by atoms with Gasteiger partial charge in [-0.25, -0.2) is 0 Å². The van der Waals surface area contributed by atoms with Gasteiger partial charge in [-0.2, -0.15) is 0 Å². The van der Waals surface area contributed by atoms with Crippen molar-refractivity contribution in [3.63, 3.8) is 0 Å². The molecule has 43 heavy (non-hydrogen) atoms. The van der Waals surface area contributed by atoms with Gasteiger partial charge in [0.2, 0.25) is 0 Å². The fraction of sp³-hybridized carbons (Fsp3) is 0.605. The van der Waals surface area contributed by atoms with Gasteiger partial charge in [0.25, 0.3) is 0 Å². The monoisotopic (exact) mass is 584 g/mol. The van der Waals surface area contributed by atoms with Gasteiger partial charge in [0.15, 0.2) is 5.78 Å². The number of carbonyl (C=O) groups excluding carboxylic acids is 3. The highest BCUT2D eigenvalue weighted by Gasteiger charge is 2.61. The van der Waals surface area contributed by atoms with Crippen molar-refractivity contribution in [1.29, 1.82) is 0 Å². The van der Waals surface area contributed by atoms with Gasteiger partial charge in [0.1, 0.15) is 12.2 Å². The number of hydrogen-bond donors (Lipinski definition) is 0. The Labute approximate surface area is 257 Å². The molecule has 0 saturated heterocycles. The van der Waals surface area contributed by atoms with Crippen molar-refractivity contribution in [2.45, 2.75) is 104 Å². The summed E-state index contributed by atoms with van der Waals surface area (Å²) in [7, 11) is 0. The molecule has 5 nitrogen and oxygen atoms in total. The molecule has 4 aliphatic carbocycles. The van der Waals surface area contributed by atoms with Crippen molar-refractivity contribution in [2.24, 2.45) is 40.4 Å². The van der Waals surface area contributed by atoms with E-state index in [0.717, 1.165) is 42.6 Å². The average molecular weight is 585 g/mol. The fourth-order valence-corrected chi connectivity index (χ4v) is 10.4. The van der Waals surface area contributed by atoms with E-state index in [2.05, 4.69) is 20.8 Å². The Morgan fingerprint density at radius 2 is 1.49 bits per heavy atom. The first-order valence-corrected chi connectivity index (χ1v) is 16.6. The van der Waals surface area contributed by atoms with Gasteiger partial charge in [0, 0.05) is 24.0 Å². The zero-order valence-electron chi connectivity index (χ0n) is 26.3. The van der Waals surface area contributed by atoms with E-state index in [4.69, 9.17) is 9.47 Å². The predicted molar refractivity (Wildman–Crippen MR) is 166 cm³/mol. The summed E-state index contributed by atoms with van der Waals surface area (Å²) in [5.41, 5.74) is 2.74. The van der Waals surface area contributed by atoms with Gasteiger partial charge in [-0.15, -0.1) is 0 Å². The summed E-state index contributed by atoms with van der Waals surface area (Å²) >= 11 is 0. The molecule has 0 aliphatic heterocycles. The fourth-order valence-electron chi connectivity index (χ4n) is 10.4. The van der Waals surface area contributed by atoms with Crippen LogP contribution in [-0.2, 0) is 25.5 Å². The third-order valence-corrected chi connectivity index (χ3v) is 12.5. The van der Waals surface area contributed by atoms with Crippen molar-refractivity contribution in [3.05, 3.63) is 71.3 Å². The van der Waals surface area contributed by atoms with Gasteiger partial charge in [-0.3, -0.25) is 14.4 Å². The van der Waals surface area contributed by atoms with E-state index in [-0.39, 0.29) is 41.8 Å². The summed E-state index contributed by atoms with van der Waals surface area (Å²) in [5, 5.41) is 0. The molecule has 5 heteroatoms. The van der Waals surface area contributed by atoms with Crippen LogP contribution in [0.5, 0.6) is 0 Å². The Morgan fingerprint density at radius 1 is 0.814 bits per heavy atom. The van der Waals surface area contributed by atoms with Crippen LogP contribution in [0, 0.1) is 40.4 Å². The van der Waals surface area contributed by atoms with Crippen LogP contribution in [0.4, 0.5) is 0 Å². The minimum atomic E-state index is -0.170. The maximum absolute atomic E-state index is 13.0. The van der Waals surface area contributed by atoms with E-state index >= 15 is 0 Å². The maximum Gasteiger partial charge on any atom is 0.310 e. The quantitative estimate of drug-likeness (QED) is 0.244. The van der Waals surface area contributed by atoms with Gasteiger partial charge in [-0.05, 0) is 105 Å². The summed E-state index contributed by atoms with van der Waals surface area (Å²) in [4.78, 5) is 37.4. The number of carbonyl (C=O) groups is 3. The average Bonchev–Trinajstić information content (AvgIpc) is 3.35. The first-order chi connectivity index (χ1) is 20.6. The molecule has 0 spiro atoms. The molecule has 0 radical (unpaired) electrons. The first kappa shape index (κ1) is 30.1. The minimum Gasteiger partial charge on any atom is -0.463 e. The smallest absolute Gasteiger partial charge is 0.310 e. The molecular weight excluding hydrogens is 536 g/mol. The Bertz CT molecular complexity index is 1330. The standard InChI is InChI=1S/C38H48O5/c1-24(42-25(2)39)32-16-17-33-31-15-14-29-23-30(18-20-37(29,3)34(31)19-21-38(32,33)4)43-35(40)22-26-10-12-28(13-11-26)36(41)27-8-6-5-7-9-27/h5-13,24,29-34H,14-23H2,1-4H3/t24-,29+,30-,31+,32-,33+,34+,37+,38-/m1/s1. The van der Waals surface area contributed by atoms with Crippen molar-refractivity contribution in [2.75, 3.05) is 0 Å². The Morgan fingerprint density at radius 3 is 2.21 bits per heavy atom. The highest BCUT2D eigenvalue weighted by atomic mass is 16.5. The zero-order valence-corrected chi connectivity index (χ0v) is 26.3. The second-order valence-corrected chi connectivity index (χ2v) is 14.7. The lowest BCUT2D eigenvalue weighted by molar-refractivity contribution is -0.165. The van der Waals surface area contributed by atoms with Gasteiger partial charge < -0.3 is 9.47 Å². The van der Waals surface area contributed by atoms with Crippen LogP contribution >= 0.6 is 0 Å². The summed E-state index contributed by atoms with van der Waals surface area (Å²) in [6, 6.07) is 16.6. The topological polar surface area (TPSA) is 69.7 Å². The van der Waals surface area contributed by atoms with Crippen LogP contribution < -0.4 is 0 Å². The largest absolute Gasteiger partial charge is 0.463 e. The lowest BCUT2D eigenvalue weighted by atomic mass is 9.44. The van der Waals surface area contributed by atoms with Crippen LogP contribution in [0.25, 0.3) is 0 Å². The third kappa shape index (κ3) is 5.69. The number of benzene rings is 2. The van der Waals surface area contributed by atoms with E-state index in [1.165, 1.54) is 45.4 Å². The van der Waals surface area contributed by atoms with Crippen LogP contribution in [0.15, 0.2) is 54.6 Å². The molecule has 0 N–H and O–H groups in total. The summed E-state index contributed by atoms with van der Waals surface area (Å²) < 4.78 is 11.8. The number of hydrogen-bond acceptors (Lipinski definition) is 5. The molecule has 230 valence electrons. The number of ketones is 1. The maximum atomic E-state index is 13.0. The molecule has 4 aliphatic rings. The lowest BCUT2D eigenvalue weighted by Crippen LogP contribution is -2.54.